The van der Waals surface area contributed by atoms with Gasteiger partial charge in [-0.05, 0) is 30.5 Å². The molecular formula is C19H18F3NO3. The number of aryl methyl sites for hydroxylation is 1. The Morgan fingerprint density at radius 3 is 2.19 bits per heavy atom. The first kappa shape index (κ1) is 18.3. The number of cyclic esters (lactones) is 1. The van der Waals surface area contributed by atoms with Gasteiger partial charge in [-0.15, -0.1) is 0 Å². The van der Waals surface area contributed by atoms with E-state index in [4.69, 9.17) is 0 Å². The van der Waals surface area contributed by atoms with Gasteiger partial charge in [0.25, 0.3) is 0 Å². The predicted molar refractivity (Wildman–Crippen MR) is 89.8 cm³/mol. The summed E-state index contributed by atoms with van der Waals surface area (Å²) < 4.78 is 44.7. The molecule has 1 heterocycles. The molecule has 3 rings (SSSR count). The zero-order valence-electron chi connectivity index (χ0n) is 13.8. The number of carbonyl (C=O) groups excluding carboxylic acids is 1. The van der Waals surface area contributed by atoms with E-state index in [0.717, 1.165) is 10.5 Å². The maximum absolute atomic E-state index is 13.4. The number of amides is 1. The molecule has 1 aliphatic heterocycles. The number of aliphatic hydroxyl groups excluding tert-OH is 1. The van der Waals surface area contributed by atoms with Crippen molar-refractivity contribution in [1.82, 2.24) is 0 Å². The molecule has 3 atom stereocenters. The summed E-state index contributed by atoms with van der Waals surface area (Å²) in [5.74, 6) is 0. The summed E-state index contributed by atoms with van der Waals surface area (Å²) >= 11 is 0. The Bertz CT molecular complexity index is 737. The molecule has 0 aromatic heterocycles. The van der Waals surface area contributed by atoms with Crippen molar-refractivity contribution in [2.24, 2.45) is 0 Å². The van der Waals surface area contributed by atoms with E-state index in [1.807, 2.05) is 30.3 Å². The Hall–Kier alpha value is -2.54. The van der Waals surface area contributed by atoms with E-state index in [2.05, 4.69) is 4.74 Å². The highest BCUT2D eigenvalue weighted by molar-refractivity contribution is 5.91. The zero-order chi connectivity index (χ0) is 18.7. The summed E-state index contributed by atoms with van der Waals surface area (Å²) in [6.45, 7) is 0. The molecule has 1 amide bonds. The molecule has 1 fully saturated rings. The van der Waals surface area contributed by atoms with Crippen LogP contribution in [0, 0.1) is 0 Å². The summed E-state index contributed by atoms with van der Waals surface area (Å²) in [6.07, 6.45) is -9.18. The minimum absolute atomic E-state index is 0.0707. The largest absolute Gasteiger partial charge is 0.434 e. The third-order valence-corrected chi connectivity index (χ3v) is 4.36. The molecule has 1 N–H and O–H groups in total. The topological polar surface area (TPSA) is 49.8 Å². The van der Waals surface area contributed by atoms with E-state index >= 15 is 0 Å². The second-order valence-electron chi connectivity index (χ2n) is 6.13. The molecule has 4 nitrogen and oxygen atoms in total. The molecule has 7 heteroatoms. The Morgan fingerprint density at radius 2 is 1.62 bits per heavy atom. The lowest BCUT2D eigenvalue weighted by Gasteiger charge is -2.29. The average Bonchev–Trinajstić information content (AvgIpc) is 2.99. The van der Waals surface area contributed by atoms with Gasteiger partial charge in [0.2, 0.25) is 6.10 Å². The Labute approximate surface area is 148 Å². The number of hydrogen-bond acceptors (Lipinski definition) is 3. The summed E-state index contributed by atoms with van der Waals surface area (Å²) in [7, 11) is 0. The third-order valence-electron chi connectivity index (χ3n) is 4.36. The number of carbonyl (C=O) groups is 1. The van der Waals surface area contributed by atoms with Crippen LogP contribution < -0.4 is 4.90 Å². The van der Waals surface area contributed by atoms with Crippen LogP contribution in [0.4, 0.5) is 23.7 Å². The van der Waals surface area contributed by atoms with Crippen molar-refractivity contribution in [3.05, 3.63) is 66.2 Å². The predicted octanol–water partition coefficient (Wildman–Crippen LogP) is 3.94. The second-order valence-corrected chi connectivity index (χ2v) is 6.13. The van der Waals surface area contributed by atoms with Crippen LogP contribution in [0.1, 0.15) is 12.0 Å². The minimum Gasteiger partial charge on any atom is -0.434 e. The highest BCUT2D eigenvalue weighted by Gasteiger charge is 2.58. The van der Waals surface area contributed by atoms with Crippen molar-refractivity contribution >= 4 is 11.8 Å². The van der Waals surface area contributed by atoms with Gasteiger partial charge >= 0.3 is 12.3 Å². The number of aliphatic hydroxyl groups is 1. The number of rotatable bonds is 5. The van der Waals surface area contributed by atoms with E-state index in [-0.39, 0.29) is 12.1 Å². The van der Waals surface area contributed by atoms with Gasteiger partial charge in [-0.25, -0.2) is 4.79 Å². The maximum Gasteiger partial charge on any atom is 0.427 e. The summed E-state index contributed by atoms with van der Waals surface area (Å²) in [4.78, 5) is 13.0. The Morgan fingerprint density at radius 1 is 1.04 bits per heavy atom. The van der Waals surface area contributed by atoms with Gasteiger partial charge in [-0.1, -0.05) is 48.5 Å². The number of ether oxygens (including phenoxy) is 1. The standard InChI is InChI=1S/C19H18F3NO3/c20-19(21,22)17-16(15(24)12-11-13-7-3-1-4-8-13)23(18(25)26-17)14-9-5-2-6-10-14/h1-10,15-17,24H,11-12H2/t15-,16+,17-/m0/s1. The summed E-state index contributed by atoms with van der Waals surface area (Å²) in [5, 5.41) is 10.5. The fourth-order valence-electron chi connectivity index (χ4n) is 3.12. The SMILES string of the molecule is O=C1O[C@H](C(F)(F)F)[C@@H]([C@@H](O)CCc2ccccc2)N1c1ccccc1. The lowest BCUT2D eigenvalue weighted by atomic mass is 9.97. The van der Waals surface area contributed by atoms with Crippen molar-refractivity contribution in [1.29, 1.82) is 0 Å². The Kier molecular flexibility index (Phi) is 5.18. The average molecular weight is 365 g/mol. The van der Waals surface area contributed by atoms with Crippen LogP contribution in [0.25, 0.3) is 0 Å². The first-order chi connectivity index (χ1) is 12.4. The molecular weight excluding hydrogens is 347 g/mol. The van der Waals surface area contributed by atoms with Crippen LogP contribution in [0.2, 0.25) is 0 Å². The van der Waals surface area contributed by atoms with Gasteiger partial charge in [-0.2, -0.15) is 13.2 Å². The monoisotopic (exact) mass is 365 g/mol. The number of alkyl halides is 3. The molecule has 0 bridgehead atoms. The van der Waals surface area contributed by atoms with Crippen molar-refractivity contribution < 1.29 is 27.8 Å². The van der Waals surface area contributed by atoms with E-state index in [1.165, 1.54) is 12.1 Å². The number of halogens is 3. The first-order valence-corrected chi connectivity index (χ1v) is 8.21. The fourth-order valence-corrected chi connectivity index (χ4v) is 3.12. The van der Waals surface area contributed by atoms with Gasteiger partial charge in [0.1, 0.15) is 6.04 Å². The molecule has 1 aliphatic rings. The highest BCUT2D eigenvalue weighted by atomic mass is 19.4. The second kappa shape index (κ2) is 7.37. The molecule has 138 valence electrons. The Balaban J connectivity index is 1.85. The van der Waals surface area contributed by atoms with Gasteiger partial charge in [0.05, 0.1) is 6.10 Å². The lowest BCUT2D eigenvalue weighted by molar-refractivity contribution is -0.204. The summed E-state index contributed by atoms with van der Waals surface area (Å²) in [6, 6.07) is 15.5. The van der Waals surface area contributed by atoms with Crippen molar-refractivity contribution in [3.8, 4) is 0 Å². The molecule has 1 saturated heterocycles. The molecule has 2 aromatic carbocycles. The van der Waals surface area contributed by atoms with E-state index in [1.54, 1.807) is 18.2 Å². The van der Waals surface area contributed by atoms with Crippen molar-refractivity contribution in [2.45, 2.75) is 37.3 Å². The van der Waals surface area contributed by atoms with Crippen LogP contribution >= 0.6 is 0 Å². The first-order valence-electron chi connectivity index (χ1n) is 8.21. The van der Waals surface area contributed by atoms with Crippen LogP contribution in [-0.4, -0.2) is 35.6 Å². The van der Waals surface area contributed by atoms with E-state index in [0.29, 0.717) is 6.42 Å². The van der Waals surface area contributed by atoms with E-state index < -0.39 is 30.5 Å². The number of anilines is 1. The van der Waals surface area contributed by atoms with Gasteiger partial charge in [0, 0.05) is 5.69 Å². The fraction of sp³-hybridized carbons (Fsp3) is 0.316. The van der Waals surface area contributed by atoms with Crippen molar-refractivity contribution in [3.63, 3.8) is 0 Å². The lowest BCUT2D eigenvalue weighted by Crippen LogP contribution is -2.50. The van der Waals surface area contributed by atoms with Gasteiger partial charge in [0.15, 0.2) is 0 Å². The quantitative estimate of drug-likeness (QED) is 0.873. The van der Waals surface area contributed by atoms with Crippen LogP contribution in [0.5, 0.6) is 0 Å². The number of nitrogens with zero attached hydrogens (tertiary/aromatic N) is 1. The molecule has 2 aromatic rings. The molecule has 0 aliphatic carbocycles. The number of hydrogen-bond donors (Lipinski definition) is 1. The summed E-state index contributed by atoms with van der Waals surface area (Å²) in [5.41, 5.74) is 1.15. The van der Waals surface area contributed by atoms with Crippen LogP contribution in [0.15, 0.2) is 60.7 Å². The zero-order valence-corrected chi connectivity index (χ0v) is 13.8. The minimum atomic E-state index is -4.77. The number of para-hydroxylation sites is 1. The molecule has 0 saturated carbocycles. The molecule has 0 unspecified atom stereocenters. The molecule has 0 radical (unpaired) electrons. The smallest absolute Gasteiger partial charge is 0.427 e. The van der Waals surface area contributed by atoms with Crippen LogP contribution in [0.3, 0.4) is 0 Å². The normalized spacial score (nSPS) is 21.5. The van der Waals surface area contributed by atoms with Gasteiger partial charge < -0.3 is 9.84 Å². The maximum atomic E-state index is 13.4. The third kappa shape index (κ3) is 3.83. The van der Waals surface area contributed by atoms with E-state index in [9.17, 15) is 23.1 Å². The van der Waals surface area contributed by atoms with Crippen molar-refractivity contribution in [2.75, 3.05) is 4.90 Å². The number of benzene rings is 2. The van der Waals surface area contributed by atoms with Crippen LogP contribution in [-0.2, 0) is 11.2 Å². The molecule has 0 spiro atoms. The van der Waals surface area contributed by atoms with Gasteiger partial charge in [-0.3, -0.25) is 4.90 Å². The highest BCUT2D eigenvalue weighted by Crippen LogP contribution is 2.38. The molecule has 26 heavy (non-hydrogen) atoms.